The minimum absolute atomic E-state index is 0.140. The zero-order valence-electron chi connectivity index (χ0n) is 14.4. The van der Waals surface area contributed by atoms with Gasteiger partial charge in [0, 0.05) is 6.54 Å². The molecule has 4 nitrogen and oxygen atoms in total. The molecule has 2 aromatic carbocycles. The van der Waals surface area contributed by atoms with Crippen molar-refractivity contribution in [3.8, 4) is 17.2 Å². The van der Waals surface area contributed by atoms with Crippen molar-refractivity contribution in [2.75, 3.05) is 13.7 Å². The van der Waals surface area contributed by atoms with E-state index in [0.717, 1.165) is 49.0 Å². The SMILES string of the molecule is COC(=O)[C@H]1CCCCN1Cc1ccc(-c2ccccc2C#N)cc1. The van der Waals surface area contributed by atoms with E-state index in [4.69, 9.17) is 4.74 Å². The molecule has 0 amide bonds. The van der Waals surface area contributed by atoms with Crippen LogP contribution >= 0.6 is 0 Å². The predicted molar refractivity (Wildman–Crippen MR) is 96.7 cm³/mol. The summed E-state index contributed by atoms with van der Waals surface area (Å²) in [6.07, 6.45) is 3.04. The van der Waals surface area contributed by atoms with Gasteiger partial charge in [0.05, 0.1) is 18.7 Å². The number of likely N-dealkylation sites (tertiary alicyclic amines) is 1. The lowest BCUT2D eigenvalue weighted by Gasteiger charge is -2.33. The van der Waals surface area contributed by atoms with Crippen molar-refractivity contribution in [3.05, 3.63) is 59.7 Å². The molecular weight excluding hydrogens is 312 g/mol. The molecule has 2 aromatic rings. The number of methoxy groups -OCH3 is 1. The predicted octanol–water partition coefficient (Wildman–Crippen LogP) is 3.75. The van der Waals surface area contributed by atoms with Crippen molar-refractivity contribution in [3.63, 3.8) is 0 Å². The number of nitriles is 1. The third-order valence-corrected chi connectivity index (χ3v) is 4.79. The molecule has 1 aliphatic heterocycles. The quantitative estimate of drug-likeness (QED) is 0.799. The Bertz CT molecular complexity index is 777. The van der Waals surface area contributed by atoms with Gasteiger partial charge in [-0.25, -0.2) is 0 Å². The standard InChI is InChI=1S/C21H22N2O2/c1-25-21(24)20-8-4-5-13-23(20)15-16-9-11-17(12-10-16)19-7-3-2-6-18(19)14-22/h2-3,6-7,9-12,20H,4-5,8,13,15H2,1H3/t20-/m1/s1. The summed E-state index contributed by atoms with van der Waals surface area (Å²) in [6, 6.07) is 18.0. The van der Waals surface area contributed by atoms with Crippen LogP contribution in [0.1, 0.15) is 30.4 Å². The summed E-state index contributed by atoms with van der Waals surface area (Å²) in [5.74, 6) is -0.140. The molecule has 0 saturated carbocycles. The molecule has 1 fully saturated rings. The monoisotopic (exact) mass is 334 g/mol. The molecule has 25 heavy (non-hydrogen) atoms. The highest BCUT2D eigenvalue weighted by atomic mass is 16.5. The van der Waals surface area contributed by atoms with Gasteiger partial charge in [0.25, 0.3) is 0 Å². The van der Waals surface area contributed by atoms with Crippen molar-refractivity contribution in [1.29, 1.82) is 5.26 Å². The van der Waals surface area contributed by atoms with Gasteiger partial charge < -0.3 is 4.74 Å². The molecule has 0 aliphatic carbocycles. The summed E-state index contributed by atoms with van der Waals surface area (Å²) in [7, 11) is 1.45. The van der Waals surface area contributed by atoms with Crippen LogP contribution in [0.5, 0.6) is 0 Å². The Hall–Kier alpha value is -2.64. The third-order valence-electron chi connectivity index (χ3n) is 4.79. The molecular formula is C21H22N2O2. The third kappa shape index (κ3) is 3.89. The van der Waals surface area contributed by atoms with Gasteiger partial charge in [0.2, 0.25) is 0 Å². The van der Waals surface area contributed by atoms with E-state index in [0.29, 0.717) is 5.56 Å². The second kappa shape index (κ2) is 7.96. The first-order valence-electron chi connectivity index (χ1n) is 8.63. The minimum Gasteiger partial charge on any atom is -0.468 e. The average Bonchev–Trinajstić information content (AvgIpc) is 2.68. The van der Waals surface area contributed by atoms with Crippen LogP contribution in [0.25, 0.3) is 11.1 Å². The summed E-state index contributed by atoms with van der Waals surface area (Å²) in [4.78, 5) is 14.2. The number of piperidine rings is 1. The first-order chi connectivity index (χ1) is 12.2. The number of nitrogens with zero attached hydrogens (tertiary/aromatic N) is 2. The Labute approximate surface area is 148 Å². The topological polar surface area (TPSA) is 53.3 Å². The van der Waals surface area contributed by atoms with E-state index >= 15 is 0 Å². The van der Waals surface area contributed by atoms with Crippen molar-refractivity contribution >= 4 is 5.97 Å². The number of esters is 1. The van der Waals surface area contributed by atoms with Crippen molar-refractivity contribution in [2.24, 2.45) is 0 Å². The lowest BCUT2D eigenvalue weighted by atomic mass is 9.98. The first-order valence-corrected chi connectivity index (χ1v) is 8.63. The molecule has 0 N–H and O–H groups in total. The average molecular weight is 334 g/mol. The normalized spacial score (nSPS) is 17.7. The molecule has 0 unspecified atom stereocenters. The van der Waals surface area contributed by atoms with Crippen LogP contribution in [0.3, 0.4) is 0 Å². The Morgan fingerprint density at radius 3 is 2.68 bits per heavy atom. The van der Waals surface area contributed by atoms with Crippen LogP contribution < -0.4 is 0 Å². The Kier molecular flexibility index (Phi) is 5.47. The fourth-order valence-electron chi connectivity index (χ4n) is 3.44. The summed E-state index contributed by atoms with van der Waals surface area (Å²) in [6.45, 7) is 1.65. The molecule has 1 atom stereocenters. The van der Waals surface area contributed by atoms with Crippen molar-refractivity contribution in [2.45, 2.75) is 31.8 Å². The number of carbonyl (C=O) groups excluding carboxylic acids is 1. The van der Waals surface area contributed by atoms with Gasteiger partial charge in [-0.2, -0.15) is 5.26 Å². The first kappa shape index (κ1) is 17.2. The van der Waals surface area contributed by atoms with E-state index < -0.39 is 0 Å². The van der Waals surface area contributed by atoms with Gasteiger partial charge >= 0.3 is 5.97 Å². The number of carbonyl (C=O) groups is 1. The van der Waals surface area contributed by atoms with E-state index in [1.165, 1.54) is 7.11 Å². The van der Waals surface area contributed by atoms with E-state index in [1.54, 1.807) is 0 Å². The molecule has 1 saturated heterocycles. The second-order valence-corrected chi connectivity index (χ2v) is 6.36. The van der Waals surface area contributed by atoms with Gasteiger partial charge in [-0.05, 0) is 42.1 Å². The summed E-state index contributed by atoms with van der Waals surface area (Å²) >= 11 is 0. The van der Waals surface area contributed by atoms with Gasteiger partial charge in [0.1, 0.15) is 6.04 Å². The molecule has 128 valence electrons. The largest absolute Gasteiger partial charge is 0.468 e. The maximum Gasteiger partial charge on any atom is 0.323 e. The highest BCUT2D eigenvalue weighted by Gasteiger charge is 2.29. The summed E-state index contributed by atoms with van der Waals surface area (Å²) in [5.41, 5.74) is 3.82. The Morgan fingerprint density at radius 2 is 1.96 bits per heavy atom. The zero-order chi connectivity index (χ0) is 17.6. The van der Waals surface area contributed by atoms with Gasteiger partial charge in [-0.3, -0.25) is 9.69 Å². The van der Waals surface area contributed by atoms with Crippen LogP contribution in [0.2, 0.25) is 0 Å². The van der Waals surface area contributed by atoms with Crippen LogP contribution in [0.4, 0.5) is 0 Å². The fraction of sp³-hybridized carbons (Fsp3) is 0.333. The lowest BCUT2D eigenvalue weighted by molar-refractivity contribution is -0.148. The molecule has 1 aliphatic rings. The maximum atomic E-state index is 12.0. The number of hydrogen-bond acceptors (Lipinski definition) is 4. The Morgan fingerprint density at radius 1 is 1.20 bits per heavy atom. The fourth-order valence-corrected chi connectivity index (χ4v) is 3.44. The minimum atomic E-state index is -0.141. The molecule has 4 heteroatoms. The smallest absolute Gasteiger partial charge is 0.323 e. The molecule has 1 heterocycles. The van der Waals surface area contributed by atoms with Gasteiger partial charge in [-0.15, -0.1) is 0 Å². The number of ether oxygens (including phenoxy) is 1. The van der Waals surface area contributed by atoms with Crippen LogP contribution in [-0.2, 0) is 16.1 Å². The second-order valence-electron chi connectivity index (χ2n) is 6.36. The highest BCUT2D eigenvalue weighted by Crippen LogP contribution is 2.25. The van der Waals surface area contributed by atoms with Crippen LogP contribution in [0, 0.1) is 11.3 Å². The molecule has 0 bridgehead atoms. The van der Waals surface area contributed by atoms with E-state index in [2.05, 4.69) is 23.1 Å². The summed E-state index contributed by atoms with van der Waals surface area (Å²) < 4.78 is 4.95. The zero-order valence-corrected chi connectivity index (χ0v) is 14.4. The Balaban J connectivity index is 1.76. The maximum absolute atomic E-state index is 12.0. The van der Waals surface area contributed by atoms with Crippen LogP contribution in [-0.4, -0.2) is 30.6 Å². The number of rotatable bonds is 4. The van der Waals surface area contributed by atoms with Crippen molar-refractivity contribution in [1.82, 2.24) is 4.90 Å². The number of hydrogen-bond donors (Lipinski definition) is 0. The molecule has 3 rings (SSSR count). The van der Waals surface area contributed by atoms with E-state index in [1.807, 2.05) is 36.4 Å². The lowest BCUT2D eigenvalue weighted by Crippen LogP contribution is -2.44. The molecule has 0 spiro atoms. The number of benzene rings is 2. The van der Waals surface area contributed by atoms with E-state index in [9.17, 15) is 10.1 Å². The highest BCUT2D eigenvalue weighted by molar-refractivity contribution is 5.75. The van der Waals surface area contributed by atoms with Crippen LogP contribution in [0.15, 0.2) is 48.5 Å². The summed E-state index contributed by atoms with van der Waals surface area (Å²) in [5, 5.41) is 9.25. The molecule has 0 aromatic heterocycles. The van der Waals surface area contributed by atoms with E-state index in [-0.39, 0.29) is 12.0 Å². The van der Waals surface area contributed by atoms with Gasteiger partial charge in [0.15, 0.2) is 0 Å². The van der Waals surface area contributed by atoms with Crippen molar-refractivity contribution < 1.29 is 9.53 Å². The van der Waals surface area contributed by atoms with Gasteiger partial charge in [-0.1, -0.05) is 48.9 Å². The molecule has 0 radical (unpaired) electrons.